The Morgan fingerprint density at radius 3 is 2.70 bits per heavy atom. The van der Waals surface area contributed by atoms with Crippen LogP contribution in [0.25, 0.3) is 0 Å². The van der Waals surface area contributed by atoms with Gasteiger partial charge >= 0.3 is 5.97 Å². The van der Waals surface area contributed by atoms with Crippen LogP contribution in [0.15, 0.2) is 11.0 Å². The van der Waals surface area contributed by atoms with Crippen molar-refractivity contribution >= 4 is 17.8 Å². The fourth-order valence-corrected chi connectivity index (χ4v) is 3.68. The number of aromatic carboxylic acids is 1. The van der Waals surface area contributed by atoms with Crippen molar-refractivity contribution in [3.05, 3.63) is 27.7 Å². The molecule has 1 saturated heterocycles. The number of hydrogen-bond donors (Lipinski definition) is 3. The standard InChI is InChI=1S/C17H22N4O6/c1-10(22)18-4-2-5-19-6-3-7-21-12(19)9-20-8-11(17(26)27)14(23)15(24)13(20)16(21)25/h8,12,24H,2-7,9H2,1H3,(H,18,22)(H,26,27). The summed E-state index contributed by atoms with van der Waals surface area (Å²) in [7, 11) is 0. The van der Waals surface area contributed by atoms with E-state index in [1.807, 2.05) is 0 Å². The van der Waals surface area contributed by atoms with Gasteiger partial charge in [0.25, 0.3) is 5.91 Å². The molecule has 0 bridgehead atoms. The number of fused-ring (bicyclic) bond motifs is 2. The molecule has 0 saturated carbocycles. The number of carbonyl (C=O) groups is 3. The SMILES string of the molecule is CC(=O)NCCCN1CCCN2C(=O)c3c(O)c(=O)c(C(=O)O)cn3CC12. The average molecular weight is 378 g/mol. The Balaban J connectivity index is 1.87. The molecule has 3 N–H and O–H groups in total. The first kappa shape index (κ1) is 18.9. The molecule has 146 valence electrons. The van der Waals surface area contributed by atoms with Crippen LogP contribution in [0.5, 0.6) is 5.75 Å². The normalized spacial score (nSPS) is 19.4. The van der Waals surface area contributed by atoms with Gasteiger partial charge in [0.2, 0.25) is 11.3 Å². The maximum Gasteiger partial charge on any atom is 0.341 e. The van der Waals surface area contributed by atoms with Gasteiger partial charge in [-0.3, -0.25) is 19.3 Å². The van der Waals surface area contributed by atoms with E-state index < -0.39 is 28.6 Å². The van der Waals surface area contributed by atoms with Gasteiger partial charge < -0.3 is 25.0 Å². The Kier molecular flexibility index (Phi) is 5.17. The minimum atomic E-state index is -1.45. The molecule has 1 fully saturated rings. The van der Waals surface area contributed by atoms with Gasteiger partial charge in [0.1, 0.15) is 11.7 Å². The molecule has 2 aliphatic heterocycles. The fraction of sp³-hybridized carbons (Fsp3) is 0.529. The van der Waals surface area contributed by atoms with Crippen molar-refractivity contribution in [1.29, 1.82) is 0 Å². The third kappa shape index (κ3) is 3.52. The Labute approximate surface area is 155 Å². The van der Waals surface area contributed by atoms with Gasteiger partial charge in [0, 0.05) is 39.3 Å². The van der Waals surface area contributed by atoms with Crippen molar-refractivity contribution in [3.63, 3.8) is 0 Å². The quantitative estimate of drug-likeness (QED) is 0.575. The predicted molar refractivity (Wildman–Crippen MR) is 93.6 cm³/mol. The third-order valence-corrected chi connectivity index (χ3v) is 4.93. The number of amides is 2. The van der Waals surface area contributed by atoms with Crippen molar-refractivity contribution in [2.75, 3.05) is 26.2 Å². The molecular formula is C17H22N4O6. The van der Waals surface area contributed by atoms with E-state index in [1.54, 1.807) is 4.90 Å². The van der Waals surface area contributed by atoms with E-state index in [0.29, 0.717) is 26.1 Å². The first-order valence-electron chi connectivity index (χ1n) is 8.80. The summed E-state index contributed by atoms with van der Waals surface area (Å²) in [5.41, 5.74) is -1.78. The van der Waals surface area contributed by atoms with Crippen molar-refractivity contribution in [1.82, 2.24) is 19.7 Å². The summed E-state index contributed by atoms with van der Waals surface area (Å²) >= 11 is 0. The maximum atomic E-state index is 12.8. The van der Waals surface area contributed by atoms with Crippen molar-refractivity contribution in [3.8, 4) is 5.75 Å². The minimum absolute atomic E-state index is 0.0994. The second kappa shape index (κ2) is 7.39. The molecule has 10 heteroatoms. The highest BCUT2D eigenvalue weighted by atomic mass is 16.4. The van der Waals surface area contributed by atoms with Crippen molar-refractivity contribution < 1.29 is 24.6 Å². The Morgan fingerprint density at radius 2 is 2.04 bits per heavy atom. The summed E-state index contributed by atoms with van der Waals surface area (Å²) in [5, 5.41) is 22.0. The number of rotatable bonds is 5. The fourth-order valence-electron chi connectivity index (χ4n) is 3.68. The van der Waals surface area contributed by atoms with E-state index in [-0.39, 0.29) is 24.3 Å². The lowest BCUT2D eigenvalue weighted by atomic mass is 10.1. The number of nitrogens with one attached hydrogen (secondary N) is 1. The molecule has 2 amide bonds. The molecule has 0 aliphatic carbocycles. The maximum absolute atomic E-state index is 12.8. The molecule has 0 aromatic carbocycles. The third-order valence-electron chi connectivity index (χ3n) is 4.93. The highest BCUT2D eigenvalue weighted by Gasteiger charge is 2.40. The Morgan fingerprint density at radius 1 is 1.30 bits per heavy atom. The number of carboxylic acid groups (broad SMARTS) is 1. The second-order valence-corrected chi connectivity index (χ2v) is 6.73. The molecule has 2 aliphatic rings. The van der Waals surface area contributed by atoms with Crippen LogP contribution in [-0.4, -0.2) is 74.7 Å². The molecule has 1 unspecified atom stereocenters. The van der Waals surface area contributed by atoms with E-state index in [2.05, 4.69) is 10.2 Å². The Bertz CT molecular complexity index is 849. The summed E-state index contributed by atoms with van der Waals surface area (Å²) in [6.07, 6.45) is 2.29. The lowest BCUT2D eigenvalue weighted by Crippen LogP contribution is -2.61. The highest BCUT2D eigenvalue weighted by Crippen LogP contribution is 2.27. The molecule has 3 heterocycles. The predicted octanol–water partition coefficient (Wildman–Crippen LogP) is -0.734. The van der Waals surface area contributed by atoms with Crippen LogP contribution in [0.2, 0.25) is 0 Å². The largest absolute Gasteiger partial charge is 0.503 e. The van der Waals surface area contributed by atoms with E-state index >= 15 is 0 Å². The number of nitrogens with zero attached hydrogens (tertiary/aromatic N) is 3. The van der Waals surface area contributed by atoms with Crippen LogP contribution < -0.4 is 10.7 Å². The highest BCUT2D eigenvalue weighted by molar-refractivity contribution is 5.97. The van der Waals surface area contributed by atoms with E-state index in [1.165, 1.54) is 11.5 Å². The molecule has 1 aromatic rings. The van der Waals surface area contributed by atoms with Crippen LogP contribution in [0, 0.1) is 0 Å². The molecule has 0 radical (unpaired) electrons. The van der Waals surface area contributed by atoms with Crippen LogP contribution >= 0.6 is 0 Å². The number of aromatic hydroxyl groups is 1. The van der Waals surface area contributed by atoms with Crippen molar-refractivity contribution in [2.24, 2.45) is 0 Å². The smallest absolute Gasteiger partial charge is 0.341 e. The molecule has 0 spiro atoms. The van der Waals surface area contributed by atoms with Gasteiger partial charge in [-0.2, -0.15) is 0 Å². The van der Waals surface area contributed by atoms with Crippen molar-refractivity contribution in [2.45, 2.75) is 32.5 Å². The minimum Gasteiger partial charge on any atom is -0.503 e. The number of hydrogen-bond acceptors (Lipinski definition) is 6. The van der Waals surface area contributed by atoms with Gasteiger partial charge in [-0.05, 0) is 12.8 Å². The lowest BCUT2D eigenvalue weighted by molar-refractivity contribution is -0.119. The van der Waals surface area contributed by atoms with E-state index in [9.17, 15) is 24.3 Å². The molecule has 3 rings (SSSR count). The van der Waals surface area contributed by atoms with Gasteiger partial charge in [0.15, 0.2) is 11.4 Å². The van der Waals surface area contributed by atoms with Gasteiger partial charge in [-0.1, -0.05) is 0 Å². The zero-order valence-corrected chi connectivity index (χ0v) is 15.0. The second-order valence-electron chi connectivity index (χ2n) is 6.73. The van der Waals surface area contributed by atoms with Crippen LogP contribution in [-0.2, 0) is 11.3 Å². The Hall–Kier alpha value is -2.88. The molecular weight excluding hydrogens is 356 g/mol. The average Bonchev–Trinajstić information content (AvgIpc) is 2.61. The molecule has 1 aromatic heterocycles. The topological polar surface area (TPSA) is 132 Å². The van der Waals surface area contributed by atoms with Gasteiger partial charge in [-0.15, -0.1) is 0 Å². The monoisotopic (exact) mass is 378 g/mol. The molecule has 27 heavy (non-hydrogen) atoms. The number of carbonyl (C=O) groups excluding carboxylic acids is 2. The van der Waals surface area contributed by atoms with E-state index in [4.69, 9.17) is 5.11 Å². The van der Waals surface area contributed by atoms with Crippen LogP contribution in [0.1, 0.15) is 40.6 Å². The van der Waals surface area contributed by atoms with Crippen LogP contribution in [0.4, 0.5) is 0 Å². The number of pyridine rings is 1. The summed E-state index contributed by atoms with van der Waals surface area (Å²) < 4.78 is 1.36. The van der Waals surface area contributed by atoms with Gasteiger partial charge in [0.05, 0.1) is 6.54 Å². The van der Waals surface area contributed by atoms with Crippen LogP contribution in [0.3, 0.4) is 0 Å². The summed E-state index contributed by atoms with van der Waals surface area (Å²) in [6.45, 7) is 4.16. The summed E-state index contributed by atoms with van der Waals surface area (Å²) in [6, 6.07) is 0. The summed E-state index contributed by atoms with van der Waals surface area (Å²) in [5.74, 6) is -2.85. The summed E-state index contributed by atoms with van der Waals surface area (Å²) in [4.78, 5) is 50.8. The molecule has 1 atom stereocenters. The zero-order valence-electron chi connectivity index (χ0n) is 15.0. The number of aromatic nitrogens is 1. The lowest BCUT2D eigenvalue weighted by Gasteiger charge is -2.47. The number of carboxylic acids is 1. The van der Waals surface area contributed by atoms with E-state index in [0.717, 1.165) is 19.2 Å². The van der Waals surface area contributed by atoms with Gasteiger partial charge in [-0.25, -0.2) is 4.79 Å². The first-order chi connectivity index (χ1) is 12.8. The zero-order chi connectivity index (χ0) is 19.7. The first-order valence-corrected chi connectivity index (χ1v) is 8.80. The molecule has 10 nitrogen and oxygen atoms in total.